The average Bonchev–Trinajstić information content (AvgIpc) is 2.81. The van der Waals surface area contributed by atoms with Gasteiger partial charge in [0.25, 0.3) is 0 Å². The smallest absolute Gasteiger partial charge is 0.396 e. The number of hydrogen-bond acceptors (Lipinski definition) is 2. The van der Waals surface area contributed by atoms with Gasteiger partial charge in [0.2, 0.25) is 0 Å². The van der Waals surface area contributed by atoms with Gasteiger partial charge in [-0.3, -0.25) is 0 Å². The molecule has 0 aliphatic heterocycles. The first-order valence-corrected chi connectivity index (χ1v) is 11.0. The number of aliphatic hydroxyl groups is 2. The van der Waals surface area contributed by atoms with Gasteiger partial charge in [-0.15, -0.1) is 0 Å². The van der Waals surface area contributed by atoms with Crippen LogP contribution in [-0.4, -0.2) is 23.4 Å². The van der Waals surface area contributed by atoms with Gasteiger partial charge in [0.1, 0.15) is 0 Å². The van der Waals surface area contributed by atoms with Crippen molar-refractivity contribution in [1.82, 2.24) is 0 Å². The summed E-state index contributed by atoms with van der Waals surface area (Å²) in [4.78, 5) is 0. The van der Waals surface area contributed by atoms with Crippen molar-refractivity contribution in [3.63, 3.8) is 0 Å². The number of benzene rings is 3. The molecular weight excluding hydrogens is 413 g/mol. The Hall–Kier alpha value is -2.63. The van der Waals surface area contributed by atoms with Gasteiger partial charge in [0, 0.05) is 19.1 Å². The maximum Gasteiger partial charge on any atom is 0.417 e. The largest absolute Gasteiger partial charge is 0.417 e. The van der Waals surface area contributed by atoms with Crippen LogP contribution in [0.2, 0.25) is 0 Å². The summed E-state index contributed by atoms with van der Waals surface area (Å²) in [7, 11) is 0. The molecule has 0 aliphatic carbocycles. The molecule has 3 aromatic carbocycles. The van der Waals surface area contributed by atoms with Gasteiger partial charge in [0.05, 0.1) is 5.56 Å². The molecule has 170 valence electrons. The van der Waals surface area contributed by atoms with Crippen molar-refractivity contribution in [3.8, 4) is 22.3 Å². The Balaban J connectivity index is 1.93. The van der Waals surface area contributed by atoms with Gasteiger partial charge in [-0.05, 0) is 65.1 Å². The van der Waals surface area contributed by atoms with Gasteiger partial charge in [0.15, 0.2) is 0 Å². The van der Waals surface area contributed by atoms with E-state index in [1.54, 1.807) is 18.2 Å². The van der Waals surface area contributed by atoms with Crippen LogP contribution in [0, 0.1) is 5.92 Å². The van der Waals surface area contributed by atoms with Gasteiger partial charge in [-0.25, -0.2) is 0 Å². The van der Waals surface area contributed by atoms with E-state index in [9.17, 15) is 13.2 Å². The van der Waals surface area contributed by atoms with Crippen LogP contribution in [0.25, 0.3) is 22.3 Å². The van der Waals surface area contributed by atoms with E-state index in [-0.39, 0.29) is 24.7 Å². The molecule has 0 atom stereocenters. The zero-order chi connectivity index (χ0) is 23.1. The van der Waals surface area contributed by atoms with Crippen LogP contribution in [0.3, 0.4) is 0 Å². The zero-order valence-electron chi connectivity index (χ0n) is 18.2. The summed E-state index contributed by atoms with van der Waals surface area (Å²) in [5.41, 5.74) is 3.79. The Morgan fingerprint density at radius 1 is 0.812 bits per heavy atom. The number of halogens is 3. The zero-order valence-corrected chi connectivity index (χ0v) is 18.2. The Morgan fingerprint density at radius 2 is 1.50 bits per heavy atom. The monoisotopic (exact) mass is 442 g/mol. The minimum Gasteiger partial charge on any atom is -0.396 e. The van der Waals surface area contributed by atoms with Crippen molar-refractivity contribution in [1.29, 1.82) is 0 Å². The first-order chi connectivity index (χ1) is 15.4. The molecule has 0 amide bonds. The first-order valence-electron chi connectivity index (χ1n) is 11.0. The summed E-state index contributed by atoms with van der Waals surface area (Å²) < 4.78 is 41.8. The number of aryl methyl sites for hydroxylation is 2. The van der Waals surface area contributed by atoms with Crippen LogP contribution >= 0.6 is 0 Å². The highest BCUT2D eigenvalue weighted by Gasteiger charge is 2.34. The quantitative estimate of drug-likeness (QED) is 0.396. The fourth-order valence-corrected chi connectivity index (χ4v) is 4.02. The van der Waals surface area contributed by atoms with Crippen molar-refractivity contribution >= 4 is 0 Å². The molecule has 0 fully saturated rings. The third-order valence-electron chi connectivity index (χ3n) is 5.87. The molecule has 0 heterocycles. The Morgan fingerprint density at radius 3 is 2.12 bits per heavy atom. The number of rotatable bonds is 9. The lowest BCUT2D eigenvalue weighted by Gasteiger charge is -2.17. The molecule has 0 saturated carbocycles. The van der Waals surface area contributed by atoms with Crippen LogP contribution in [0.15, 0.2) is 66.7 Å². The van der Waals surface area contributed by atoms with E-state index < -0.39 is 11.7 Å². The molecule has 0 spiro atoms. The van der Waals surface area contributed by atoms with Crippen molar-refractivity contribution in [2.45, 2.75) is 38.8 Å². The molecule has 0 radical (unpaired) electrons. The van der Waals surface area contributed by atoms with Crippen LogP contribution in [0.4, 0.5) is 13.2 Å². The second kappa shape index (κ2) is 10.8. The lowest BCUT2D eigenvalue weighted by Crippen LogP contribution is -2.11. The van der Waals surface area contributed by atoms with E-state index in [1.165, 1.54) is 6.07 Å². The van der Waals surface area contributed by atoms with Crippen molar-refractivity contribution in [2.75, 3.05) is 13.2 Å². The highest BCUT2D eigenvalue weighted by Crippen LogP contribution is 2.39. The van der Waals surface area contributed by atoms with Crippen LogP contribution < -0.4 is 0 Å². The maximum absolute atomic E-state index is 13.9. The van der Waals surface area contributed by atoms with Gasteiger partial charge < -0.3 is 10.2 Å². The number of aliphatic hydroxyl groups excluding tert-OH is 2. The Kier molecular flexibility index (Phi) is 8.10. The van der Waals surface area contributed by atoms with Crippen molar-refractivity contribution in [2.24, 2.45) is 5.92 Å². The van der Waals surface area contributed by atoms with E-state index >= 15 is 0 Å². The fraction of sp³-hybridized carbons (Fsp3) is 0.333. The summed E-state index contributed by atoms with van der Waals surface area (Å²) in [6.45, 7) is 1.76. The molecule has 0 unspecified atom stereocenters. The van der Waals surface area contributed by atoms with E-state index in [0.717, 1.165) is 16.7 Å². The van der Waals surface area contributed by atoms with Crippen LogP contribution in [-0.2, 0) is 19.0 Å². The summed E-state index contributed by atoms with van der Waals surface area (Å²) in [6.07, 6.45) is -2.11. The first kappa shape index (κ1) is 24.0. The van der Waals surface area contributed by atoms with Gasteiger partial charge in [-0.2, -0.15) is 13.2 Å². The lowest BCUT2D eigenvalue weighted by molar-refractivity contribution is -0.137. The number of hydrogen-bond donors (Lipinski definition) is 2. The molecule has 0 aromatic heterocycles. The molecule has 0 bridgehead atoms. The molecule has 3 rings (SSSR count). The van der Waals surface area contributed by atoms with Crippen LogP contribution in [0.1, 0.15) is 36.5 Å². The molecule has 32 heavy (non-hydrogen) atoms. The summed E-state index contributed by atoms with van der Waals surface area (Å²) >= 11 is 0. The van der Waals surface area contributed by atoms with E-state index in [1.807, 2.05) is 49.4 Å². The predicted molar refractivity (Wildman–Crippen MR) is 122 cm³/mol. The van der Waals surface area contributed by atoms with Crippen molar-refractivity contribution < 1.29 is 23.4 Å². The van der Waals surface area contributed by atoms with E-state index in [4.69, 9.17) is 10.2 Å². The maximum atomic E-state index is 13.9. The normalized spacial score (nSPS) is 11.8. The average molecular weight is 443 g/mol. The highest BCUT2D eigenvalue weighted by atomic mass is 19.4. The minimum absolute atomic E-state index is 0.123. The molecule has 2 nitrogen and oxygen atoms in total. The van der Waals surface area contributed by atoms with Crippen LogP contribution in [0.5, 0.6) is 0 Å². The second-order valence-corrected chi connectivity index (χ2v) is 8.09. The third-order valence-corrected chi connectivity index (χ3v) is 5.87. The van der Waals surface area contributed by atoms with E-state index in [0.29, 0.717) is 36.8 Å². The van der Waals surface area contributed by atoms with E-state index in [2.05, 4.69) is 0 Å². The highest BCUT2D eigenvalue weighted by molar-refractivity contribution is 5.75. The van der Waals surface area contributed by atoms with Gasteiger partial charge in [-0.1, -0.05) is 67.6 Å². The third kappa shape index (κ3) is 5.78. The summed E-state index contributed by atoms with van der Waals surface area (Å²) in [5.74, 6) is -0.230. The Labute approximate surface area is 187 Å². The summed E-state index contributed by atoms with van der Waals surface area (Å²) in [5, 5.41) is 18.3. The molecule has 2 N–H and O–H groups in total. The topological polar surface area (TPSA) is 40.5 Å². The Bertz CT molecular complexity index is 1010. The minimum atomic E-state index is -4.46. The summed E-state index contributed by atoms with van der Waals surface area (Å²) in [6, 6.07) is 19.9. The SMILES string of the molecule is CCc1cc(-c2ccc(CCCC(CO)CO)cc2C(F)(F)F)ccc1-c1ccccc1. The molecular formula is C27H29F3O2. The standard InChI is InChI=1S/C27H29F3O2/c1-2-21-16-23(12-14-24(21)22-9-4-3-5-10-22)25-13-11-19(15-26(25)27(28,29)30)7-6-8-20(17-31)18-32/h3-5,9-16,20,31-32H,2,6-8,17-18H2,1H3. The molecule has 0 saturated heterocycles. The fourth-order valence-electron chi connectivity index (χ4n) is 4.02. The molecule has 3 aromatic rings. The van der Waals surface area contributed by atoms with Crippen molar-refractivity contribution in [3.05, 3.63) is 83.4 Å². The predicted octanol–water partition coefficient (Wildman–Crippen LogP) is 6.53. The molecule has 5 heteroatoms. The molecule has 0 aliphatic rings. The second-order valence-electron chi connectivity index (χ2n) is 8.09. The lowest BCUT2D eigenvalue weighted by atomic mass is 9.90. The van der Waals surface area contributed by atoms with Gasteiger partial charge >= 0.3 is 6.18 Å². The number of alkyl halides is 3.